The van der Waals surface area contributed by atoms with E-state index in [0.29, 0.717) is 4.88 Å². The first-order valence-corrected chi connectivity index (χ1v) is 18.2. The van der Waals surface area contributed by atoms with Crippen LogP contribution in [0.1, 0.15) is 34.8 Å². The van der Waals surface area contributed by atoms with Crippen molar-refractivity contribution in [1.82, 2.24) is 4.90 Å². The van der Waals surface area contributed by atoms with Crippen LogP contribution in [0.3, 0.4) is 0 Å². The predicted molar refractivity (Wildman–Crippen MR) is 185 cm³/mol. The summed E-state index contributed by atoms with van der Waals surface area (Å²) >= 11 is 15.7. The number of hydrogen-bond acceptors (Lipinski definition) is 7. The number of allylic oxidation sites excluding steroid dienone is 2. The van der Waals surface area contributed by atoms with Gasteiger partial charge in [-0.25, -0.2) is 26.9 Å². The number of thiophene rings is 1. The number of carbonyl (C=O) groups excluding carboxylic acids is 4. The van der Waals surface area contributed by atoms with Crippen LogP contribution in [0.25, 0.3) is 0 Å². The Morgan fingerprint density at radius 3 is 2.17 bits per heavy atom. The number of hydrogen-bond donors (Lipinski definition) is 1. The summed E-state index contributed by atoms with van der Waals surface area (Å²) < 4.78 is 79.6. The smallest absolute Gasteiger partial charge is 0.258 e. The molecule has 0 radical (unpaired) electrons. The largest absolute Gasteiger partial charge is 0.508 e. The average Bonchev–Trinajstić information content (AvgIpc) is 3.81. The van der Waals surface area contributed by atoms with Crippen LogP contribution in [0.2, 0.25) is 0 Å². The number of ether oxygens (including phenoxy) is 1. The second kappa shape index (κ2) is 12.9. The first-order valence-electron chi connectivity index (χ1n) is 16.6. The van der Waals surface area contributed by atoms with E-state index >= 15 is 8.78 Å². The molecular weight excluding hydrogens is 778 g/mol. The molecule has 0 bridgehead atoms. The zero-order chi connectivity index (χ0) is 38.4. The Morgan fingerprint density at radius 2 is 1.52 bits per heavy atom. The summed E-state index contributed by atoms with van der Waals surface area (Å²) in [6.07, 6.45) is 0.890. The van der Waals surface area contributed by atoms with Crippen LogP contribution in [-0.4, -0.2) is 43.4 Å². The monoisotopic (exact) mass is 802 g/mol. The molecule has 4 aromatic rings. The Balaban J connectivity index is 1.27. The van der Waals surface area contributed by atoms with Crippen molar-refractivity contribution in [2.75, 3.05) is 4.90 Å². The molecule has 3 fully saturated rings. The Hall–Kier alpha value is -4.79. The second-order valence-electron chi connectivity index (χ2n) is 13.5. The van der Waals surface area contributed by atoms with E-state index in [0.717, 1.165) is 10.5 Å². The van der Waals surface area contributed by atoms with Gasteiger partial charge in [-0.2, -0.15) is 0 Å². The lowest BCUT2D eigenvalue weighted by atomic mass is 9.56. The Morgan fingerprint density at radius 1 is 0.833 bits per heavy atom. The number of halogens is 7. The van der Waals surface area contributed by atoms with Crippen molar-refractivity contribution < 1.29 is 51.0 Å². The van der Waals surface area contributed by atoms with Gasteiger partial charge in [0.2, 0.25) is 17.6 Å². The molecule has 2 aliphatic heterocycles. The number of phenolic OH excluding ortho intramolecular Hbond substituents is 1. The van der Waals surface area contributed by atoms with Gasteiger partial charge in [-0.15, -0.1) is 34.5 Å². The molecule has 278 valence electrons. The van der Waals surface area contributed by atoms with Crippen molar-refractivity contribution >= 4 is 63.9 Å². The number of aromatic hydroxyl groups is 1. The molecule has 4 aliphatic rings. The third-order valence-corrected chi connectivity index (χ3v) is 13.0. The van der Waals surface area contributed by atoms with Crippen LogP contribution in [0.4, 0.5) is 27.6 Å². The normalized spacial score (nSPS) is 27.6. The molecule has 16 heteroatoms. The highest BCUT2D eigenvalue weighted by atomic mass is 35.5. The van der Waals surface area contributed by atoms with E-state index in [9.17, 15) is 37.5 Å². The van der Waals surface area contributed by atoms with Crippen LogP contribution in [-0.2, 0) is 32.3 Å². The van der Waals surface area contributed by atoms with Gasteiger partial charge in [0, 0.05) is 22.4 Å². The number of fused-ring (bicyclic) bond motifs is 4. The maximum absolute atomic E-state index is 15.3. The standard InChI is InChI=1S/C38H25Cl2F5N2O6S/c39-37-14-23-20(10-11-22-25(23)34(50)46(33(22)49)15-19-7-4-12-54-19)26(21-9-8-18(13-24(21)48)53-16-17-5-2-1-3-6-17)38(37,40)36(52)47(35(37)51)32-30(44)28(42)27(41)29(43)31(32)45/h1-10,12-13,22-23,25-26,48H,11,14-16H2. The number of nitrogens with zero attached hydrogens (tertiary/aromatic N) is 2. The lowest BCUT2D eigenvalue weighted by Crippen LogP contribution is -2.60. The molecule has 54 heavy (non-hydrogen) atoms. The lowest BCUT2D eigenvalue weighted by molar-refractivity contribution is -0.141. The van der Waals surface area contributed by atoms with Crippen LogP contribution < -0.4 is 9.64 Å². The van der Waals surface area contributed by atoms with Gasteiger partial charge in [-0.1, -0.05) is 54.1 Å². The van der Waals surface area contributed by atoms with Gasteiger partial charge in [0.05, 0.1) is 18.4 Å². The summed E-state index contributed by atoms with van der Waals surface area (Å²) in [5.74, 6) is -21.8. The molecule has 0 spiro atoms. The molecule has 1 aromatic heterocycles. The number of likely N-dealkylation sites (tertiary alicyclic amines) is 1. The van der Waals surface area contributed by atoms with E-state index in [4.69, 9.17) is 27.9 Å². The van der Waals surface area contributed by atoms with Crippen LogP contribution in [0, 0.1) is 46.8 Å². The van der Waals surface area contributed by atoms with Crippen molar-refractivity contribution in [2.45, 2.75) is 41.7 Å². The Kier molecular flexibility index (Phi) is 8.66. The summed E-state index contributed by atoms with van der Waals surface area (Å²) in [6, 6.07) is 16.5. The number of phenols is 1. The van der Waals surface area contributed by atoms with Gasteiger partial charge in [0.15, 0.2) is 33.0 Å². The van der Waals surface area contributed by atoms with Crippen molar-refractivity contribution in [3.05, 3.63) is 123 Å². The summed E-state index contributed by atoms with van der Waals surface area (Å²) in [5, 5.41) is 13.3. The fraction of sp³-hybridized carbons (Fsp3) is 0.263. The molecule has 2 aliphatic carbocycles. The van der Waals surface area contributed by atoms with Crippen molar-refractivity contribution in [3.8, 4) is 11.5 Å². The number of imide groups is 2. The number of anilines is 1. The summed E-state index contributed by atoms with van der Waals surface area (Å²) in [7, 11) is 0. The van der Waals surface area contributed by atoms with Gasteiger partial charge < -0.3 is 9.84 Å². The molecule has 4 amide bonds. The van der Waals surface area contributed by atoms with E-state index in [1.165, 1.54) is 29.5 Å². The van der Waals surface area contributed by atoms with Gasteiger partial charge in [0.1, 0.15) is 23.8 Å². The van der Waals surface area contributed by atoms with Gasteiger partial charge in [-0.05, 0) is 41.8 Å². The molecule has 8 rings (SSSR count). The topological polar surface area (TPSA) is 104 Å². The highest BCUT2D eigenvalue weighted by Gasteiger charge is 2.77. The minimum Gasteiger partial charge on any atom is -0.508 e. The number of amides is 4. The fourth-order valence-electron chi connectivity index (χ4n) is 8.29. The average molecular weight is 804 g/mol. The molecular formula is C38H25Cl2F5N2O6S. The first kappa shape index (κ1) is 36.2. The van der Waals surface area contributed by atoms with E-state index in [1.807, 2.05) is 18.2 Å². The quantitative estimate of drug-likeness (QED) is 0.0519. The number of benzene rings is 3. The summed E-state index contributed by atoms with van der Waals surface area (Å²) in [5.41, 5.74) is -0.982. The van der Waals surface area contributed by atoms with Crippen molar-refractivity contribution in [3.63, 3.8) is 0 Å². The Labute approximate surface area is 317 Å². The molecule has 1 saturated carbocycles. The third kappa shape index (κ3) is 5.06. The third-order valence-electron chi connectivity index (χ3n) is 10.8. The SMILES string of the molecule is O=C1C2CC=C3C(CC4(Cl)C(=O)N(c5c(F)c(F)c(F)c(F)c5F)C(=O)C4(Cl)C3c3ccc(OCc4ccccc4)cc3O)C2C(=O)N1Cc1cccs1. The predicted octanol–water partition coefficient (Wildman–Crippen LogP) is 7.49. The zero-order valence-electron chi connectivity index (χ0n) is 27.5. The van der Waals surface area contributed by atoms with Crippen molar-refractivity contribution in [1.29, 1.82) is 0 Å². The van der Waals surface area contributed by atoms with E-state index < -0.39 is 104 Å². The van der Waals surface area contributed by atoms with Crippen LogP contribution in [0.5, 0.6) is 11.5 Å². The van der Waals surface area contributed by atoms with Gasteiger partial charge in [0.25, 0.3) is 11.8 Å². The van der Waals surface area contributed by atoms with E-state index in [2.05, 4.69) is 0 Å². The van der Waals surface area contributed by atoms with Gasteiger partial charge >= 0.3 is 0 Å². The molecule has 6 atom stereocenters. The van der Waals surface area contributed by atoms with Gasteiger partial charge in [-0.3, -0.25) is 24.1 Å². The van der Waals surface area contributed by atoms with E-state index in [1.54, 1.807) is 35.7 Å². The Bertz CT molecular complexity index is 2280. The van der Waals surface area contributed by atoms with Crippen LogP contribution >= 0.6 is 34.5 Å². The highest BCUT2D eigenvalue weighted by Crippen LogP contribution is 2.66. The van der Waals surface area contributed by atoms with E-state index in [-0.39, 0.29) is 41.4 Å². The zero-order valence-corrected chi connectivity index (χ0v) is 29.8. The molecule has 8 nitrogen and oxygen atoms in total. The number of rotatable bonds is 7. The molecule has 3 heterocycles. The number of alkyl halides is 2. The molecule has 1 N–H and O–H groups in total. The maximum atomic E-state index is 15.3. The van der Waals surface area contributed by atoms with Crippen molar-refractivity contribution in [2.24, 2.45) is 17.8 Å². The molecule has 2 saturated heterocycles. The lowest BCUT2D eigenvalue weighted by Gasteiger charge is -2.50. The van der Waals surface area contributed by atoms with Crippen LogP contribution in [0.15, 0.2) is 77.7 Å². The first-order chi connectivity index (χ1) is 25.7. The minimum atomic E-state index is -2.77. The minimum absolute atomic E-state index is 0.0245. The number of carbonyl (C=O) groups is 4. The maximum Gasteiger partial charge on any atom is 0.258 e. The summed E-state index contributed by atoms with van der Waals surface area (Å²) in [4.78, 5) is 52.8. The summed E-state index contributed by atoms with van der Waals surface area (Å²) in [6.45, 7) is 0.0709. The second-order valence-corrected chi connectivity index (χ2v) is 15.8. The highest BCUT2D eigenvalue weighted by molar-refractivity contribution is 7.09. The molecule has 6 unspecified atom stereocenters. The molecule has 3 aromatic carbocycles. The fourth-order valence-corrected chi connectivity index (χ4v) is 9.91.